The number of carboxylic acid groups (broad SMARTS) is 1. The molecule has 0 aliphatic carbocycles. The lowest BCUT2D eigenvalue weighted by Crippen LogP contribution is -2.11. The maximum absolute atomic E-state index is 12.7. The van der Waals surface area contributed by atoms with Gasteiger partial charge in [0, 0.05) is 9.86 Å². The zero-order valence-electron chi connectivity index (χ0n) is 9.55. The third kappa shape index (κ3) is 2.56. The summed E-state index contributed by atoms with van der Waals surface area (Å²) in [6.07, 6.45) is -4.69. The standard InChI is InChI=1S/C12H7BrF3NO2/c1-5-2-6-7(11(18)19)4-9(12(14,15)16)17-10(6)8(13)3-5/h2-4H,1H3,(H,18,19). The Kier molecular flexibility index (Phi) is 3.25. The van der Waals surface area contributed by atoms with Crippen molar-refractivity contribution in [3.8, 4) is 0 Å². The molecule has 1 heterocycles. The molecular weight excluding hydrogens is 327 g/mol. The van der Waals surface area contributed by atoms with Crippen LogP contribution in [0.2, 0.25) is 0 Å². The number of aromatic carboxylic acids is 1. The van der Waals surface area contributed by atoms with E-state index in [4.69, 9.17) is 5.11 Å². The summed E-state index contributed by atoms with van der Waals surface area (Å²) in [4.78, 5) is 14.6. The number of halogens is 4. The number of hydrogen-bond donors (Lipinski definition) is 1. The number of carbonyl (C=O) groups is 1. The van der Waals surface area contributed by atoms with Crippen LogP contribution in [0.25, 0.3) is 10.9 Å². The monoisotopic (exact) mass is 333 g/mol. The normalized spacial score (nSPS) is 11.8. The van der Waals surface area contributed by atoms with E-state index in [-0.39, 0.29) is 10.9 Å². The van der Waals surface area contributed by atoms with Gasteiger partial charge in [-0.3, -0.25) is 0 Å². The molecule has 0 radical (unpaired) electrons. The molecule has 100 valence electrons. The molecule has 19 heavy (non-hydrogen) atoms. The van der Waals surface area contributed by atoms with Crippen molar-refractivity contribution in [2.45, 2.75) is 13.1 Å². The Morgan fingerprint density at radius 1 is 1.32 bits per heavy atom. The average molecular weight is 334 g/mol. The highest BCUT2D eigenvalue weighted by atomic mass is 79.9. The van der Waals surface area contributed by atoms with Crippen molar-refractivity contribution in [1.82, 2.24) is 4.98 Å². The summed E-state index contributed by atoms with van der Waals surface area (Å²) in [6, 6.07) is 3.63. The van der Waals surface area contributed by atoms with E-state index in [1.807, 2.05) is 0 Å². The quantitative estimate of drug-likeness (QED) is 0.857. The lowest BCUT2D eigenvalue weighted by molar-refractivity contribution is -0.141. The Bertz CT molecular complexity index is 683. The zero-order valence-corrected chi connectivity index (χ0v) is 11.1. The minimum absolute atomic E-state index is 0.0159. The van der Waals surface area contributed by atoms with E-state index >= 15 is 0 Å². The number of carboxylic acids is 1. The Labute approximate surface area is 114 Å². The Balaban J connectivity index is 2.92. The predicted octanol–water partition coefficient (Wildman–Crippen LogP) is 4.02. The van der Waals surface area contributed by atoms with Gasteiger partial charge in [-0.15, -0.1) is 0 Å². The molecule has 1 aromatic heterocycles. The Morgan fingerprint density at radius 3 is 2.47 bits per heavy atom. The van der Waals surface area contributed by atoms with E-state index in [1.54, 1.807) is 13.0 Å². The number of alkyl halides is 3. The third-order valence-corrected chi connectivity index (χ3v) is 3.14. The largest absolute Gasteiger partial charge is 0.478 e. The van der Waals surface area contributed by atoms with Crippen molar-refractivity contribution in [2.24, 2.45) is 0 Å². The van der Waals surface area contributed by atoms with Crippen LogP contribution in [0.5, 0.6) is 0 Å². The molecular formula is C12H7BrF3NO2. The van der Waals surface area contributed by atoms with Crippen molar-refractivity contribution in [1.29, 1.82) is 0 Å². The summed E-state index contributed by atoms with van der Waals surface area (Å²) < 4.78 is 38.4. The molecule has 0 amide bonds. The van der Waals surface area contributed by atoms with E-state index in [1.165, 1.54) is 6.07 Å². The van der Waals surface area contributed by atoms with Gasteiger partial charge in [0.2, 0.25) is 0 Å². The first-order valence-electron chi connectivity index (χ1n) is 5.11. The number of rotatable bonds is 1. The van der Waals surface area contributed by atoms with Gasteiger partial charge in [0.25, 0.3) is 0 Å². The second kappa shape index (κ2) is 4.48. The minimum Gasteiger partial charge on any atom is -0.478 e. The summed E-state index contributed by atoms with van der Waals surface area (Å²) in [5.74, 6) is -1.42. The molecule has 3 nitrogen and oxygen atoms in total. The predicted molar refractivity (Wildman–Crippen MR) is 66.1 cm³/mol. The van der Waals surface area contributed by atoms with Crippen LogP contribution in [0.3, 0.4) is 0 Å². The average Bonchev–Trinajstić information content (AvgIpc) is 2.25. The molecule has 7 heteroatoms. The van der Waals surface area contributed by atoms with Gasteiger partial charge < -0.3 is 5.11 Å². The minimum atomic E-state index is -4.69. The van der Waals surface area contributed by atoms with Crippen LogP contribution < -0.4 is 0 Å². The number of aromatic nitrogens is 1. The van der Waals surface area contributed by atoms with Gasteiger partial charge in [0.05, 0.1) is 11.1 Å². The summed E-state index contributed by atoms with van der Waals surface area (Å²) in [6.45, 7) is 1.72. The summed E-state index contributed by atoms with van der Waals surface area (Å²) in [5, 5.41) is 9.22. The van der Waals surface area contributed by atoms with Gasteiger partial charge in [-0.05, 0) is 46.6 Å². The molecule has 0 aliphatic rings. The van der Waals surface area contributed by atoms with Crippen molar-refractivity contribution < 1.29 is 23.1 Å². The molecule has 2 aromatic rings. The summed E-state index contributed by atoms with van der Waals surface area (Å²) in [5.41, 5.74) is -0.926. The molecule has 0 bridgehead atoms. The van der Waals surface area contributed by atoms with Crippen LogP contribution in [0.1, 0.15) is 21.6 Å². The van der Waals surface area contributed by atoms with E-state index < -0.39 is 23.4 Å². The Hall–Kier alpha value is -1.63. The van der Waals surface area contributed by atoms with Gasteiger partial charge in [-0.1, -0.05) is 0 Å². The number of hydrogen-bond acceptors (Lipinski definition) is 2. The van der Waals surface area contributed by atoms with Crippen molar-refractivity contribution >= 4 is 32.8 Å². The van der Waals surface area contributed by atoms with Crippen molar-refractivity contribution in [3.63, 3.8) is 0 Å². The molecule has 0 fully saturated rings. The van der Waals surface area contributed by atoms with Crippen molar-refractivity contribution in [2.75, 3.05) is 0 Å². The first-order valence-corrected chi connectivity index (χ1v) is 5.91. The highest BCUT2D eigenvalue weighted by molar-refractivity contribution is 9.10. The van der Waals surface area contributed by atoms with E-state index in [0.29, 0.717) is 10.5 Å². The molecule has 0 unspecified atom stereocenters. The van der Waals surface area contributed by atoms with Crippen LogP contribution in [0.15, 0.2) is 22.7 Å². The lowest BCUT2D eigenvalue weighted by atomic mass is 10.1. The maximum Gasteiger partial charge on any atom is 0.433 e. The molecule has 0 spiro atoms. The van der Waals surface area contributed by atoms with E-state index in [2.05, 4.69) is 20.9 Å². The van der Waals surface area contributed by atoms with Crippen LogP contribution >= 0.6 is 15.9 Å². The molecule has 0 atom stereocenters. The molecule has 0 aliphatic heterocycles. The number of pyridine rings is 1. The molecule has 0 saturated heterocycles. The summed E-state index contributed by atoms with van der Waals surface area (Å²) >= 11 is 3.11. The van der Waals surface area contributed by atoms with Gasteiger partial charge in [0.1, 0.15) is 5.69 Å². The van der Waals surface area contributed by atoms with Crippen LogP contribution in [-0.4, -0.2) is 16.1 Å². The second-order valence-corrected chi connectivity index (χ2v) is 4.86. The van der Waals surface area contributed by atoms with E-state index in [9.17, 15) is 18.0 Å². The second-order valence-electron chi connectivity index (χ2n) is 4.00. The number of nitrogens with zero attached hydrogens (tertiary/aromatic N) is 1. The van der Waals surface area contributed by atoms with Crippen LogP contribution in [-0.2, 0) is 6.18 Å². The van der Waals surface area contributed by atoms with Crippen molar-refractivity contribution in [3.05, 3.63) is 39.5 Å². The topological polar surface area (TPSA) is 50.2 Å². The fourth-order valence-corrected chi connectivity index (χ4v) is 2.41. The molecule has 1 aromatic carbocycles. The third-order valence-electron chi connectivity index (χ3n) is 2.53. The van der Waals surface area contributed by atoms with Crippen LogP contribution in [0, 0.1) is 6.92 Å². The molecule has 1 N–H and O–H groups in total. The number of benzene rings is 1. The highest BCUT2D eigenvalue weighted by Crippen LogP contribution is 2.33. The van der Waals surface area contributed by atoms with Gasteiger partial charge in [-0.2, -0.15) is 13.2 Å². The Morgan fingerprint density at radius 2 is 1.95 bits per heavy atom. The number of fused-ring (bicyclic) bond motifs is 1. The smallest absolute Gasteiger partial charge is 0.433 e. The van der Waals surface area contributed by atoms with Gasteiger partial charge >= 0.3 is 12.1 Å². The van der Waals surface area contributed by atoms with Gasteiger partial charge in [0.15, 0.2) is 0 Å². The first kappa shape index (κ1) is 13.8. The molecule has 0 saturated carbocycles. The fourth-order valence-electron chi connectivity index (χ4n) is 1.74. The number of aryl methyl sites for hydroxylation is 1. The molecule has 2 rings (SSSR count). The zero-order chi connectivity index (χ0) is 14.4. The SMILES string of the molecule is Cc1cc(Br)c2nc(C(F)(F)F)cc(C(=O)O)c2c1. The fraction of sp³-hybridized carbons (Fsp3) is 0.167. The highest BCUT2D eigenvalue weighted by Gasteiger charge is 2.34. The summed E-state index contributed by atoms with van der Waals surface area (Å²) in [7, 11) is 0. The van der Waals surface area contributed by atoms with Crippen LogP contribution in [0.4, 0.5) is 13.2 Å². The maximum atomic E-state index is 12.7. The lowest BCUT2D eigenvalue weighted by Gasteiger charge is -2.11. The first-order chi connectivity index (χ1) is 8.70. The van der Waals surface area contributed by atoms with Gasteiger partial charge in [-0.25, -0.2) is 9.78 Å². The van der Waals surface area contributed by atoms with E-state index in [0.717, 1.165) is 5.56 Å².